The molecule has 2 rings (SSSR count). The van der Waals surface area contributed by atoms with E-state index in [1.807, 2.05) is 0 Å². The maximum atomic E-state index is 11.8. The van der Waals surface area contributed by atoms with E-state index in [1.54, 1.807) is 0 Å². The lowest BCUT2D eigenvalue weighted by Gasteiger charge is -2.31. The van der Waals surface area contributed by atoms with Gasteiger partial charge in [-0.1, -0.05) is 0 Å². The van der Waals surface area contributed by atoms with Crippen LogP contribution in [-0.2, 0) is 0 Å². The maximum absolute atomic E-state index is 11.8. The second-order valence-electron chi connectivity index (χ2n) is 4.47. The Bertz CT molecular complexity index is 428. The number of anilines is 1. The molecule has 1 amide bonds. The lowest BCUT2D eigenvalue weighted by Crippen LogP contribution is -2.38. The Morgan fingerprint density at radius 2 is 2.18 bits per heavy atom. The Balaban J connectivity index is 1.92. The van der Waals surface area contributed by atoms with Gasteiger partial charge in [0.15, 0.2) is 0 Å². The van der Waals surface area contributed by atoms with Crippen LogP contribution in [0.25, 0.3) is 0 Å². The van der Waals surface area contributed by atoms with E-state index in [4.69, 9.17) is 10.8 Å². The van der Waals surface area contributed by atoms with Crippen molar-refractivity contribution in [2.45, 2.75) is 18.9 Å². The van der Waals surface area contributed by atoms with Gasteiger partial charge in [0.05, 0.1) is 11.7 Å². The van der Waals surface area contributed by atoms with Gasteiger partial charge in [0.2, 0.25) is 0 Å². The molecule has 1 aromatic carbocycles. The first-order valence-electron chi connectivity index (χ1n) is 5.61. The molecule has 0 bridgehead atoms. The van der Waals surface area contributed by atoms with E-state index in [2.05, 4.69) is 5.32 Å². The number of amides is 1. The number of nitrogen functional groups attached to an aromatic ring is 1. The van der Waals surface area contributed by atoms with Crippen molar-refractivity contribution in [1.29, 1.82) is 0 Å². The Hall–Kier alpha value is -1.75. The summed E-state index contributed by atoms with van der Waals surface area (Å²) in [5, 5.41) is 21.2. The van der Waals surface area contributed by atoms with Crippen LogP contribution in [0.5, 0.6) is 5.75 Å². The minimum Gasteiger partial charge on any atom is -0.508 e. The number of rotatable bonds is 3. The van der Waals surface area contributed by atoms with Crippen molar-refractivity contribution in [2.75, 3.05) is 12.3 Å². The first-order valence-corrected chi connectivity index (χ1v) is 5.61. The van der Waals surface area contributed by atoms with Crippen molar-refractivity contribution in [1.82, 2.24) is 5.32 Å². The Morgan fingerprint density at radius 3 is 2.82 bits per heavy atom. The van der Waals surface area contributed by atoms with E-state index in [9.17, 15) is 9.90 Å². The van der Waals surface area contributed by atoms with Gasteiger partial charge < -0.3 is 21.3 Å². The molecule has 0 aliphatic heterocycles. The lowest BCUT2D eigenvalue weighted by atomic mass is 9.82. The van der Waals surface area contributed by atoms with Crippen molar-refractivity contribution < 1.29 is 15.0 Å². The molecule has 0 heterocycles. The van der Waals surface area contributed by atoms with Crippen molar-refractivity contribution in [2.24, 2.45) is 5.92 Å². The number of nitrogens with one attached hydrogen (secondary N) is 1. The number of hydrogen-bond acceptors (Lipinski definition) is 4. The summed E-state index contributed by atoms with van der Waals surface area (Å²) in [6.45, 7) is 0.533. The Kier molecular flexibility index (Phi) is 3.19. The molecule has 0 saturated heterocycles. The number of aliphatic hydroxyl groups excluding tert-OH is 1. The number of carbonyl (C=O) groups excluding carboxylic acids is 1. The minimum absolute atomic E-state index is 0.0171. The third kappa shape index (κ3) is 2.68. The zero-order chi connectivity index (χ0) is 12.4. The number of phenols is 1. The van der Waals surface area contributed by atoms with Crippen molar-refractivity contribution >= 4 is 11.6 Å². The maximum Gasteiger partial charge on any atom is 0.253 e. The zero-order valence-electron chi connectivity index (χ0n) is 9.39. The number of phenolic OH excluding ortho intramolecular Hbond substituents is 1. The van der Waals surface area contributed by atoms with Crippen LogP contribution in [0.3, 0.4) is 0 Å². The fourth-order valence-corrected chi connectivity index (χ4v) is 1.94. The monoisotopic (exact) mass is 236 g/mol. The molecule has 17 heavy (non-hydrogen) atoms. The van der Waals surface area contributed by atoms with Gasteiger partial charge in [-0.2, -0.15) is 0 Å². The van der Waals surface area contributed by atoms with Gasteiger partial charge in [-0.05, 0) is 37.0 Å². The summed E-state index contributed by atoms with van der Waals surface area (Å²) in [5.41, 5.74) is 6.28. The Morgan fingerprint density at radius 1 is 1.47 bits per heavy atom. The highest BCUT2D eigenvalue weighted by atomic mass is 16.3. The molecule has 0 aromatic heterocycles. The predicted molar refractivity (Wildman–Crippen MR) is 63.6 cm³/mol. The zero-order valence-corrected chi connectivity index (χ0v) is 9.39. The van der Waals surface area contributed by atoms with Gasteiger partial charge in [0.25, 0.3) is 5.91 Å². The van der Waals surface area contributed by atoms with Crippen LogP contribution in [0.1, 0.15) is 23.2 Å². The molecular weight excluding hydrogens is 220 g/mol. The highest BCUT2D eigenvalue weighted by molar-refractivity contribution is 5.99. The summed E-state index contributed by atoms with van der Waals surface area (Å²) in [6.07, 6.45) is 1.24. The van der Waals surface area contributed by atoms with Gasteiger partial charge in [0, 0.05) is 12.2 Å². The molecule has 1 aliphatic carbocycles. The van der Waals surface area contributed by atoms with Gasteiger partial charge >= 0.3 is 0 Å². The number of hydrogen-bond donors (Lipinski definition) is 4. The average molecular weight is 236 g/mol. The summed E-state index contributed by atoms with van der Waals surface area (Å²) in [7, 11) is 0. The number of benzene rings is 1. The third-order valence-corrected chi connectivity index (χ3v) is 3.04. The number of nitrogens with two attached hydrogens (primary N) is 1. The van der Waals surface area contributed by atoms with E-state index in [0.29, 0.717) is 18.2 Å². The lowest BCUT2D eigenvalue weighted by molar-refractivity contribution is 0.0420. The molecule has 1 aromatic rings. The van der Waals surface area contributed by atoms with Crippen molar-refractivity contribution in [3.8, 4) is 5.75 Å². The van der Waals surface area contributed by atoms with Crippen LogP contribution in [0.15, 0.2) is 18.2 Å². The standard InChI is InChI=1S/C12H16N2O3/c13-11-2-1-8(15)5-10(11)12(17)14-6-7-3-9(16)4-7/h1-2,5,7,9,15-16H,3-4,6,13H2,(H,14,17). The van der Waals surface area contributed by atoms with Crippen LogP contribution in [0.4, 0.5) is 5.69 Å². The fourth-order valence-electron chi connectivity index (χ4n) is 1.94. The largest absolute Gasteiger partial charge is 0.508 e. The van der Waals surface area contributed by atoms with Crippen LogP contribution in [-0.4, -0.2) is 28.8 Å². The average Bonchev–Trinajstić information content (AvgIpc) is 2.26. The molecular formula is C12H16N2O3. The minimum atomic E-state index is -0.292. The van der Waals surface area contributed by atoms with Crippen LogP contribution in [0.2, 0.25) is 0 Å². The second kappa shape index (κ2) is 4.63. The molecule has 5 heteroatoms. The smallest absolute Gasteiger partial charge is 0.253 e. The molecule has 0 unspecified atom stereocenters. The fraction of sp³-hybridized carbons (Fsp3) is 0.417. The first kappa shape index (κ1) is 11.7. The van der Waals surface area contributed by atoms with Gasteiger partial charge in [-0.15, -0.1) is 0 Å². The predicted octanol–water partition coefficient (Wildman–Crippen LogP) is 0.475. The van der Waals surface area contributed by atoms with Crippen LogP contribution >= 0.6 is 0 Å². The quantitative estimate of drug-likeness (QED) is 0.453. The Labute approximate surface area is 99.3 Å². The highest BCUT2D eigenvalue weighted by Crippen LogP contribution is 2.26. The summed E-state index contributed by atoms with van der Waals surface area (Å²) in [4.78, 5) is 11.8. The summed E-state index contributed by atoms with van der Waals surface area (Å²) in [5.74, 6) is 0.0655. The molecule has 0 atom stereocenters. The molecule has 1 fully saturated rings. The van der Waals surface area contributed by atoms with E-state index < -0.39 is 0 Å². The summed E-state index contributed by atoms with van der Waals surface area (Å²) >= 11 is 0. The third-order valence-electron chi connectivity index (χ3n) is 3.04. The summed E-state index contributed by atoms with van der Waals surface area (Å²) in [6, 6.07) is 4.28. The summed E-state index contributed by atoms with van der Waals surface area (Å²) < 4.78 is 0. The first-order chi connectivity index (χ1) is 8.06. The van der Waals surface area contributed by atoms with Crippen molar-refractivity contribution in [3.05, 3.63) is 23.8 Å². The molecule has 0 radical (unpaired) electrons. The highest BCUT2D eigenvalue weighted by Gasteiger charge is 2.27. The topological polar surface area (TPSA) is 95.6 Å². The van der Waals surface area contributed by atoms with E-state index in [1.165, 1.54) is 18.2 Å². The number of aromatic hydroxyl groups is 1. The van der Waals surface area contributed by atoms with Crippen LogP contribution in [0, 0.1) is 5.92 Å². The van der Waals surface area contributed by atoms with Crippen molar-refractivity contribution in [3.63, 3.8) is 0 Å². The normalized spacial score (nSPS) is 22.9. The number of carbonyl (C=O) groups is 1. The molecule has 1 saturated carbocycles. The molecule has 5 N–H and O–H groups in total. The van der Waals surface area contributed by atoms with Crippen LogP contribution < -0.4 is 11.1 Å². The van der Waals surface area contributed by atoms with E-state index >= 15 is 0 Å². The second-order valence-corrected chi connectivity index (χ2v) is 4.47. The molecule has 0 spiro atoms. The molecule has 1 aliphatic rings. The number of aliphatic hydroxyl groups is 1. The van der Waals surface area contributed by atoms with Gasteiger partial charge in [0.1, 0.15) is 5.75 Å². The van der Waals surface area contributed by atoms with E-state index in [0.717, 1.165) is 12.8 Å². The molecule has 5 nitrogen and oxygen atoms in total. The van der Waals surface area contributed by atoms with Gasteiger partial charge in [-0.25, -0.2) is 0 Å². The SMILES string of the molecule is Nc1ccc(O)cc1C(=O)NCC1CC(O)C1. The van der Waals surface area contributed by atoms with E-state index in [-0.39, 0.29) is 23.3 Å². The van der Waals surface area contributed by atoms with Gasteiger partial charge in [-0.3, -0.25) is 4.79 Å². The molecule has 92 valence electrons.